The Balaban J connectivity index is 1.61. The van der Waals surface area contributed by atoms with Gasteiger partial charge in [0, 0.05) is 29.8 Å². The standard InChI is InChI=1S/C21H18FN3O4/c1-11-6-18-17(24-20(27)10-29-18)8-16(11)25-21(28)15-9-23-19(26)7-14(15)12-2-4-13(22)5-3-12/h2-6,8-9,14H,7,10H2,1H3,(H,23,26)(H,24,27)(H,25,28)/t14-/m0/s1. The van der Waals surface area contributed by atoms with E-state index in [0.717, 1.165) is 5.56 Å². The van der Waals surface area contributed by atoms with Crippen molar-refractivity contribution in [2.45, 2.75) is 19.3 Å². The third-order valence-electron chi connectivity index (χ3n) is 4.90. The third kappa shape index (κ3) is 3.82. The molecule has 3 amide bonds. The van der Waals surface area contributed by atoms with Gasteiger partial charge in [-0.3, -0.25) is 14.4 Å². The minimum Gasteiger partial charge on any atom is -0.482 e. The van der Waals surface area contributed by atoms with E-state index in [-0.39, 0.29) is 24.8 Å². The fourth-order valence-electron chi connectivity index (χ4n) is 3.39. The van der Waals surface area contributed by atoms with Crippen LogP contribution in [-0.2, 0) is 14.4 Å². The molecule has 2 aromatic carbocycles. The van der Waals surface area contributed by atoms with E-state index in [1.165, 1.54) is 18.3 Å². The second kappa shape index (κ2) is 7.38. The van der Waals surface area contributed by atoms with E-state index >= 15 is 0 Å². The number of rotatable bonds is 3. The fraction of sp³-hybridized carbons (Fsp3) is 0.190. The van der Waals surface area contributed by atoms with E-state index < -0.39 is 17.6 Å². The minimum atomic E-state index is -0.495. The molecular weight excluding hydrogens is 377 g/mol. The zero-order valence-corrected chi connectivity index (χ0v) is 15.5. The number of ether oxygens (including phenoxy) is 1. The van der Waals surface area contributed by atoms with Crippen molar-refractivity contribution in [1.29, 1.82) is 0 Å². The molecule has 0 aromatic heterocycles. The second-order valence-corrected chi connectivity index (χ2v) is 6.93. The van der Waals surface area contributed by atoms with E-state index in [1.54, 1.807) is 24.3 Å². The van der Waals surface area contributed by atoms with Gasteiger partial charge < -0.3 is 20.7 Å². The number of fused-ring (bicyclic) bond motifs is 1. The van der Waals surface area contributed by atoms with Gasteiger partial charge in [-0.05, 0) is 42.3 Å². The van der Waals surface area contributed by atoms with E-state index in [2.05, 4.69) is 16.0 Å². The number of anilines is 2. The number of hydrogen-bond donors (Lipinski definition) is 3. The average molecular weight is 395 g/mol. The molecule has 29 heavy (non-hydrogen) atoms. The second-order valence-electron chi connectivity index (χ2n) is 6.93. The first-order valence-corrected chi connectivity index (χ1v) is 9.04. The van der Waals surface area contributed by atoms with Crippen LogP contribution in [-0.4, -0.2) is 24.3 Å². The first-order valence-electron chi connectivity index (χ1n) is 9.04. The lowest BCUT2D eigenvalue weighted by atomic mass is 9.86. The molecule has 8 heteroatoms. The van der Waals surface area contributed by atoms with Crippen molar-refractivity contribution >= 4 is 29.1 Å². The Hall–Kier alpha value is -3.68. The highest BCUT2D eigenvalue weighted by atomic mass is 19.1. The van der Waals surface area contributed by atoms with Gasteiger partial charge in [-0.25, -0.2) is 4.39 Å². The van der Waals surface area contributed by atoms with Crippen molar-refractivity contribution in [1.82, 2.24) is 5.32 Å². The van der Waals surface area contributed by atoms with Gasteiger partial charge in [-0.15, -0.1) is 0 Å². The Kier molecular flexibility index (Phi) is 4.75. The Morgan fingerprint density at radius 2 is 1.93 bits per heavy atom. The molecule has 0 aliphatic carbocycles. The highest BCUT2D eigenvalue weighted by Crippen LogP contribution is 2.35. The van der Waals surface area contributed by atoms with Gasteiger partial charge >= 0.3 is 0 Å². The van der Waals surface area contributed by atoms with Crippen LogP contribution in [0.25, 0.3) is 0 Å². The normalized spacial score (nSPS) is 18.0. The summed E-state index contributed by atoms with van der Waals surface area (Å²) in [4.78, 5) is 36.4. The molecule has 0 saturated carbocycles. The number of nitrogens with one attached hydrogen (secondary N) is 3. The van der Waals surface area contributed by atoms with Crippen LogP contribution in [0.4, 0.5) is 15.8 Å². The Labute approximate surface area is 165 Å². The molecule has 7 nitrogen and oxygen atoms in total. The molecule has 0 radical (unpaired) electrons. The molecule has 2 aliphatic heterocycles. The topological polar surface area (TPSA) is 96.5 Å². The molecule has 0 saturated heterocycles. The van der Waals surface area contributed by atoms with E-state index in [4.69, 9.17) is 4.74 Å². The van der Waals surface area contributed by atoms with Crippen molar-refractivity contribution in [2.24, 2.45) is 0 Å². The molecule has 0 fully saturated rings. The van der Waals surface area contributed by atoms with Gasteiger partial charge in [-0.2, -0.15) is 0 Å². The molecule has 3 N–H and O–H groups in total. The molecule has 2 heterocycles. The maximum absolute atomic E-state index is 13.3. The predicted molar refractivity (Wildman–Crippen MR) is 104 cm³/mol. The maximum atomic E-state index is 13.3. The van der Waals surface area contributed by atoms with Gasteiger partial charge in [0.1, 0.15) is 11.6 Å². The van der Waals surface area contributed by atoms with Crippen LogP contribution >= 0.6 is 0 Å². The first-order chi connectivity index (χ1) is 13.9. The van der Waals surface area contributed by atoms with E-state index in [0.29, 0.717) is 28.3 Å². The number of carbonyl (C=O) groups is 3. The highest BCUT2D eigenvalue weighted by molar-refractivity contribution is 6.07. The van der Waals surface area contributed by atoms with Crippen molar-refractivity contribution < 1.29 is 23.5 Å². The molecule has 2 aliphatic rings. The molecular formula is C21H18FN3O4. The van der Waals surface area contributed by atoms with Crippen LogP contribution in [0.3, 0.4) is 0 Å². The maximum Gasteiger partial charge on any atom is 0.262 e. The summed E-state index contributed by atoms with van der Waals surface area (Å²) >= 11 is 0. The number of benzene rings is 2. The number of halogens is 1. The van der Waals surface area contributed by atoms with Crippen LogP contribution in [0.15, 0.2) is 48.2 Å². The van der Waals surface area contributed by atoms with Gasteiger partial charge in [-0.1, -0.05) is 12.1 Å². The quantitative estimate of drug-likeness (QED) is 0.744. The number of carbonyl (C=O) groups excluding carboxylic acids is 3. The summed E-state index contributed by atoms with van der Waals surface area (Å²) in [5.74, 6) is -1.24. The lowest BCUT2D eigenvalue weighted by Crippen LogP contribution is -2.32. The smallest absolute Gasteiger partial charge is 0.262 e. The summed E-state index contributed by atoms with van der Waals surface area (Å²) in [7, 11) is 0. The summed E-state index contributed by atoms with van der Waals surface area (Å²) in [5.41, 5.74) is 2.77. The lowest BCUT2D eigenvalue weighted by molar-refractivity contribution is -0.121. The van der Waals surface area contributed by atoms with Gasteiger partial charge in [0.05, 0.1) is 5.69 Å². The summed E-state index contributed by atoms with van der Waals surface area (Å²) in [5, 5.41) is 8.10. The van der Waals surface area contributed by atoms with Crippen LogP contribution in [0.5, 0.6) is 5.75 Å². The summed E-state index contributed by atoms with van der Waals surface area (Å²) < 4.78 is 18.6. The lowest BCUT2D eigenvalue weighted by Gasteiger charge is -2.25. The molecule has 0 spiro atoms. The zero-order chi connectivity index (χ0) is 20.5. The highest BCUT2D eigenvalue weighted by Gasteiger charge is 2.29. The summed E-state index contributed by atoms with van der Waals surface area (Å²) in [6.07, 6.45) is 1.46. The van der Waals surface area contributed by atoms with Crippen LogP contribution in [0.2, 0.25) is 0 Å². The van der Waals surface area contributed by atoms with Crippen LogP contribution in [0, 0.1) is 12.7 Å². The average Bonchev–Trinajstić information content (AvgIpc) is 2.69. The van der Waals surface area contributed by atoms with Crippen molar-refractivity contribution in [2.75, 3.05) is 17.2 Å². The van der Waals surface area contributed by atoms with Crippen molar-refractivity contribution in [3.8, 4) is 5.75 Å². The van der Waals surface area contributed by atoms with E-state index in [1.807, 2.05) is 6.92 Å². The van der Waals surface area contributed by atoms with Crippen molar-refractivity contribution in [3.05, 3.63) is 65.1 Å². The van der Waals surface area contributed by atoms with Gasteiger partial charge in [0.15, 0.2) is 6.61 Å². The summed E-state index contributed by atoms with van der Waals surface area (Å²) in [6, 6.07) is 9.10. The zero-order valence-electron chi connectivity index (χ0n) is 15.5. The Morgan fingerprint density at radius 1 is 1.17 bits per heavy atom. The third-order valence-corrected chi connectivity index (χ3v) is 4.90. The largest absolute Gasteiger partial charge is 0.482 e. The van der Waals surface area contributed by atoms with Crippen LogP contribution in [0.1, 0.15) is 23.5 Å². The van der Waals surface area contributed by atoms with Gasteiger partial charge in [0.2, 0.25) is 5.91 Å². The molecule has 2 aromatic rings. The minimum absolute atomic E-state index is 0.0515. The molecule has 4 rings (SSSR count). The molecule has 148 valence electrons. The number of amides is 3. The Bertz CT molecular complexity index is 1050. The van der Waals surface area contributed by atoms with Crippen molar-refractivity contribution in [3.63, 3.8) is 0 Å². The predicted octanol–water partition coefficient (Wildman–Crippen LogP) is 2.59. The molecule has 0 unspecified atom stereocenters. The van der Waals surface area contributed by atoms with Gasteiger partial charge in [0.25, 0.3) is 11.8 Å². The van der Waals surface area contributed by atoms with Crippen LogP contribution < -0.4 is 20.7 Å². The Morgan fingerprint density at radius 3 is 2.69 bits per heavy atom. The monoisotopic (exact) mass is 395 g/mol. The molecule has 1 atom stereocenters. The molecule has 0 bridgehead atoms. The van der Waals surface area contributed by atoms with E-state index in [9.17, 15) is 18.8 Å². The number of aryl methyl sites for hydroxylation is 1. The SMILES string of the molecule is Cc1cc2c(cc1NC(=O)C1=CNC(=O)C[C@H]1c1ccc(F)cc1)NC(=O)CO2. The fourth-order valence-corrected chi connectivity index (χ4v) is 3.39. The summed E-state index contributed by atoms with van der Waals surface area (Å²) in [6.45, 7) is 1.76. The number of hydrogen-bond acceptors (Lipinski definition) is 4. The first kappa shape index (κ1) is 18.7.